The van der Waals surface area contributed by atoms with Gasteiger partial charge in [0, 0.05) is 45.3 Å². The number of nitrogens with one attached hydrogen (secondary N) is 3. The van der Waals surface area contributed by atoms with E-state index in [0.29, 0.717) is 12.3 Å². The number of aryl methyl sites for hydroxylation is 4. The molecule has 170 valence electrons. The van der Waals surface area contributed by atoms with Crippen LogP contribution in [0, 0.1) is 55.4 Å². The van der Waals surface area contributed by atoms with Crippen LogP contribution in [0.2, 0.25) is 0 Å². The van der Waals surface area contributed by atoms with Gasteiger partial charge >= 0.3 is 0 Å². The number of H-pyrrole nitrogens is 2. The minimum atomic E-state index is -0.146. The number of hydrogen-bond acceptors (Lipinski definition) is 2. The van der Waals surface area contributed by atoms with Crippen LogP contribution in [0.25, 0.3) is 21.8 Å². The van der Waals surface area contributed by atoms with Gasteiger partial charge < -0.3 is 15.3 Å². The number of aromatic amines is 2. The topological polar surface area (TPSA) is 73.0 Å². The highest BCUT2D eigenvalue weighted by atomic mass is 16.2. The molecule has 0 saturated heterocycles. The van der Waals surface area contributed by atoms with Crippen molar-refractivity contribution in [3.63, 3.8) is 0 Å². The molecule has 5 heteroatoms. The van der Waals surface area contributed by atoms with E-state index in [2.05, 4.69) is 70.7 Å². The molecule has 3 heterocycles. The summed E-state index contributed by atoms with van der Waals surface area (Å²) in [5.41, 5.74) is 14.9. The molecule has 1 unspecified atom stereocenters. The first-order valence-electron chi connectivity index (χ1n) is 11.6. The molecule has 5 rings (SSSR count). The summed E-state index contributed by atoms with van der Waals surface area (Å²) in [5.74, 6) is -0.116. The lowest BCUT2D eigenvalue weighted by Gasteiger charge is -2.23. The standard InChI is InChI=1S/C28H32N4O/c1-12-14(3)18(7)25-23(16(12)5)20(9-29-25)22-11-31-27(28(33)32-22)21-10-30-26-19(8)15(4)13(2)17(6)24(21)26/h9-10,22,29-30H,11H2,1-8H3,(H,32,33). The van der Waals surface area contributed by atoms with Gasteiger partial charge in [-0.3, -0.25) is 9.79 Å². The van der Waals surface area contributed by atoms with Gasteiger partial charge in [-0.1, -0.05) is 0 Å². The molecule has 0 radical (unpaired) electrons. The number of aromatic nitrogens is 2. The maximum Gasteiger partial charge on any atom is 0.270 e. The van der Waals surface area contributed by atoms with E-state index in [1.165, 1.54) is 49.9 Å². The second-order valence-corrected chi connectivity index (χ2v) is 9.66. The fourth-order valence-electron chi connectivity index (χ4n) is 5.49. The third-order valence-corrected chi connectivity index (χ3v) is 8.25. The summed E-state index contributed by atoms with van der Waals surface area (Å²) in [6.45, 7) is 17.8. The number of rotatable bonds is 2. The van der Waals surface area contributed by atoms with E-state index in [4.69, 9.17) is 4.99 Å². The Balaban J connectivity index is 1.60. The number of aliphatic imine (C=N–C) groups is 1. The van der Waals surface area contributed by atoms with Crippen molar-refractivity contribution in [3.05, 3.63) is 68.0 Å². The lowest BCUT2D eigenvalue weighted by atomic mass is 9.91. The molecule has 0 fully saturated rings. The highest BCUT2D eigenvalue weighted by Gasteiger charge is 2.29. The molecule has 2 aromatic heterocycles. The zero-order valence-corrected chi connectivity index (χ0v) is 20.8. The SMILES string of the molecule is Cc1c(C)c(C)c2c(C3=NCC(c4c[nH]c5c(C)c(C)c(C)c(C)c45)NC3=O)c[nH]c2c1C. The van der Waals surface area contributed by atoms with Gasteiger partial charge in [-0.2, -0.15) is 0 Å². The molecule has 1 aliphatic rings. The minimum absolute atomic E-state index is 0.116. The molecule has 0 bridgehead atoms. The number of amides is 1. The predicted molar refractivity (Wildman–Crippen MR) is 137 cm³/mol. The van der Waals surface area contributed by atoms with E-state index in [-0.39, 0.29) is 11.9 Å². The van der Waals surface area contributed by atoms with E-state index >= 15 is 0 Å². The summed E-state index contributed by atoms with van der Waals surface area (Å²) in [4.78, 5) is 25.0. The molecule has 1 aliphatic heterocycles. The van der Waals surface area contributed by atoms with Crippen molar-refractivity contribution < 1.29 is 4.79 Å². The van der Waals surface area contributed by atoms with Crippen molar-refractivity contribution in [1.82, 2.24) is 15.3 Å². The van der Waals surface area contributed by atoms with Crippen LogP contribution >= 0.6 is 0 Å². The van der Waals surface area contributed by atoms with E-state index in [1.54, 1.807) is 0 Å². The number of nitrogens with zero attached hydrogens (tertiary/aromatic N) is 1. The Kier molecular flexibility index (Phi) is 4.78. The Morgan fingerprint density at radius 2 is 1.21 bits per heavy atom. The number of carbonyl (C=O) groups excluding carboxylic acids is 1. The normalized spacial score (nSPS) is 16.5. The second kappa shape index (κ2) is 7.34. The van der Waals surface area contributed by atoms with Gasteiger partial charge in [0.05, 0.1) is 12.6 Å². The van der Waals surface area contributed by atoms with Gasteiger partial charge in [-0.05, 0) is 99.9 Å². The molecule has 1 atom stereocenters. The smallest absolute Gasteiger partial charge is 0.270 e. The molecular weight excluding hydrogens is 408 g/mol. The lowest BCUT2D eigenvalue weighted by Crippen LogP contribution is -2.40. The van der Waals surface area contributed by atoms with Crippen molar-refractivity contribution >= 4 is 33.4 Å². The average molecular weight is 441 g/mol. The Hall–Kier alpha value is -3.34. The van der Waals surface area contributed by atoms with Gasteiger partial charge in [0.25, 0.3) is 5.91 Å². The summed E-state index contributed by atoms with van der Waals surface area (Å²) < 4.78 is 0. The molecule has 2 aromatic carbocycles. The van der Waals surface area contributed by atoms with E-state index in [1.807, 2.05) is 12.4 Å². The largest absolute Gasteiger partial charge is 0.361 e. The van der Waals surface area contributed by atoms with Gasteiger partial charge in [0.15, 0.2) is 0 Å². The fraction of sp³-hybridized carbons (Fsp3) is 0.357. The van der Waals surface area contributed by atoms with Gasteiger partial charge in [-0.15, -0.1) is 0 Å². The highest BCUT2D eigenvalue weighted by molar-refractivity contribution is 6.48. The Morgan fingerprint density at radius 1 is 0.697 bits per heavy atom. The maximum atomic E-state index is 13.3. The van der Waals surface area contributed by atoms with Crippen LogP contribution in [-0.4, -0.2) is 28.1 Å². The number of fused-ring (bicyclic) bond motifs is 2. The van der Waals surface area contributed by atoms with Crippen molar-refractivity contribution in [3.8, 4) is 0 Å². The Labute approximate surface area is 194 Å². The highest BCUT2D eigenvalue weighted by Crippen LogP contribution is 2.36. The molecule has 3 N–H and O–H groups in total. The molecule has 33 heavy (non-hydrogen) atoms. The van der Waals surface area contributed by atoms with E-state index < -0.39 is 0 Å². The number of benzene rings is 2. The molecule has 0 aliphatic carbocycles. The summed E-state index contributed by atoms with van der Waals surface area (Å²) in [6, 6.07) is -0.146. The van der Waals surface area contributed by atoms with Gasteiger partial charge in [0.1, 0.15) is 5.71 Å². The molecule has 0 spiro atoms. The molecule has 0 saturated carbocycles. The number of hydrogen-bond donors (Lipinski definition) is 3. The average Bonchev–Trinajstić information content (AvgIpc) is 3.44. The molecule has 1 amide bonds. The van der Waals surface area contributed by atoms with Gasteiger partial charge in [-0.25, -0.2) is 0 Å². The summed E-state index contributed by atoms with van der Waals surface area (Å²) >= 11 is 0. The quantitative estimate of drug-likeness (QED) is 0.363. The van der Waals surface area contributed by atoms with E-state index in [0.717, 1.165) is 27.5 Å². The lowest BCUT2D eigenvalue weighted by molar-refractivity contribution is -0.115. The van der Waals surface area contributed by atoms with Gasteiger partial charge in [0.2, 0.25) is 0 Å². The maximum absolute atomic E-state index is 13.3. The van der Waals surface area contributed by atoms with Crippen molar-refractivity contribution in [2.75, 3.05) is 6.54 Å². The molecule has 4 aromatic rings. The third-order valence-electron chi connectivity index (χ3n) is 8.25. The van der Waals surface area contributed by atoms with E-state index in [9.17, 15) is 4.79 Å². The summed E-state index contributed by atoms with van der Waals surface area (Å²) in [7, 11) is 0. The first kappa shape index (κ1) is 21.5. The third kappa shape index (κ3) is 2.91. The zero-order valence-electron chi connectivity index (χ0n) is 20.8. The second-order valence-electron chi connectivity index (χ2n) is 9.66. The minimum Gasteiger partial charge on any atom is -0.361 e. The van der Waals surface area contributed by atoms with Crippen LogP contribution in [0.15, 0.2) is 17.4 Å². The first-order valence-corrected chi connectivity index (χ1v) is 11.6. The van der Waals surface area contributed by atoms with Crippen LogP contribution < -0.4 is 5.32 Å². The summed E-state index contributed by atoms with van der Waals surface area (Å²) in [6.07, 6.45) is 3.98. The molecule has 5 nitrogen and oxygen atoms in total. The molecular formula is C28H32N4O. The van der Waals surface area contributed by atoms with Crippen LogP contribution in [0.4, 0.5) is 0 Å². The first-order chi connectivity index (χ1) is 15.6. The van der Waals surface area contributed by atoms with Crippen molar-refractivity contribution in [2.45, 2.75) is 61.4 Å². The van der Waals surface area contributed by atoms with Crippen molar-refractivity contribution in [1.29, 1.82) is 0 Å². The fourth-order valence-corrected chi connectivity index (χ4v) is 5.49. The van der Waals surface area contributed by atoms with Crippen LogP contribution in [0.5, 0.6) is 0 Å². The van der Waals surface area contributed by atoms with Crippen LogP contribution in [0.1, 0.15) is 61.7 Å². The Morgan fingerprint density at radius 3 is 1.82 bits per heavy atom. The van der Waals surface area contributed by atoms with Crippen LogP contribution in [0.3, 0.4) is 0 Å². The number of carbonyl (C=O) groups is 1. The summed E-state index contributed by atoms with van der Waals surface area (Å²) in [5, 5.41) is 5.57. The predicted octanol–water partition coefficient (Wildman–Crippen LogP) is 5.78. The van der Waals surface area contributed by atoms with Crippen molar-refractivity contribution in [2.24, 2.45) is 4.99 Å². The monoisotopic (exact) mass is 440 g/mol. The van der Waals surface area contributed by atoms with Crippen LogP contribution in [-0.2, 0) is 4.79 Å². The Bertz CT molecular complexity index is 1510. The zero-order chi connectivity index (χ0) is 23.8.